The van der Waals surface area contributed by atoms with Gasteiger partial charge in [-0.1, -0.05) is 12.1 Å². The number of sulfonamides is 1. The first-order valence-corrected chi connectivity index (χ1v) is 11.7. The molecule has 0 fully saturated rings. The Hall–Kier alpha value is -2.82. The van der Waals surface area contributed by atoms with Crippen LogP contribution in [0.1, 0.15) is 23.1 Å². The highest BCUT2D eigenvalue weighted by Crippen LogP contribution is 2.25. The molecule has 31 heavy (non-hydrogen) atoms. The topological polar surface area (TPSA) is 97.4 Å². The highest BCUT2D eigenvalue weighted by molar-refractivity contribution is 7.89. The molecule has 0 saturated carbocycles. The number of nitrogens with one attached hydrogen (secondary N) is 2. The lowest BCUT2D eigenvalue weighted by molar-refractivity contribution is -0.117. The summed E-state index contributed by atoms with van der Waals surface area (Å²) in [5.74, 6) is -0.302. The number of hydrogen-bond donors (Lipinski definition) is 2. The van der Waals surface area contributed by atoms with E-state index < -0.39 is 22.0 Å². The molecule has 0 radical (unpaired) electrons. The van der Waals surface area contributed by atoms with E-state index in [0.717, 1.165) is 16.1 Å². The molecule has 164 valence electrons. The smallest absolute Gasteiger partial charge is 0.244 e. The van der Waals surface area contributed by atoms with Crippen molar-refractivity contribution < 1.29 is 22.3 Å². The Balaban J connectivity index is 1.64. The predicted molar refractivity (Wildman–Crippen MR) is 117 cm³/mol. The second-order valence-electron chi connectivity index (χ2n) is 6.84. The lowest BCUT2D eigenvalue weighted by atomic mass is 10.1. The van der Waals surface area contributed by atoms with Crippen molar-refractivity contribution in [2.24, 2.45) is 0 Å². The predicted octanol–water partition coefficient (Wildman–Crippen LogP) is 3.50. The van der Waals surface area contributed by atoms with Crippen LogP contribution in [-0.4, -0.2) is 32.5 Å². The van der Waals surface area contributed by atoms with Gasteiger partial charge in [0.05, 0.1) is 23.7 Å². The molecule has 10 heteroatoms. The largest absolute Gasteiger partial charge is 0.497 e. The fourth-order valence-corrected chi connectivity index (χ4v) is 4.96. The fourth-order valence-electron chi connectivity index (χ4n) is 2.76. The van der Waals surface area contributed by atoms with Crippen molar-refractivity contribution in [3.8, 4) is 5.75 Å². The average Bonchev–Trinajstić information content (AvgIpc) is 3.08. The van der Waals surface area contributed by atoms with Crippen LogP contribution < -0.4 is 14.8 Å². The van der Waals surface area contributed by atoms with Gasteiger partial charge in [0, 0.05) is 11.3 Å². The maximum atomic E-state index is 13.1. The van der Waals surface area contributed by atoms with Gasteiger partial charge in [-0.25, -0.2) is 17.8 Å². The van der Waals surface area contributed by atoms with E-state index in [4.69, 9.17) is 4.74 Å². The minimum atomic E-state index is -3.88. The molecule has 0 aliphatic rings. The monoisotopic (exact) mass is 463 g/mol. The van der Waals surface area contributed by atoms with Crippen LogP contribution in [0, 0.1) is 12.7 Å². The van der Waals surface area contributed by atoms with Crippen LogP contribution in [0.5, 0.6) is 5.75 Å². The number of carbonyl (C=O) groups is 1. The summed E-state index contributed by atoms with van der Waals surface area (Å²) < 4.78 is 45.5. The zero-order valence-electron chi connectivity index (χ0n) is 17.2. The average molecular weight is 464 g/mol. The quantitative estimate of drug-likeness (QED) is 0.533. The van der Waals surface area contributed by atoms with E-state index in [2.05, 4.69) is 15.0 Å². The van der Waals surface area contributed by atoms with Gasteiger partial charge in [-0.2, -0.15) is 4.72 Å². The molecule has 1 amide bonds. The van der Waals surface area contributed by atoms with Gasteiger partial charge in [-0.05, 0) is 55.8 Å². The Morgan fingerprint density at radius 1 is 1.16 bits per heavy atom. The lowest BCUT2D eigenvalue weighted by Gasteiger charge is -2.13. The van der Waals surface area contributed by atoms with Crippen molar-refractivity contribution in [2.45, 2.75) is 31.2 Å². The van der Waals surface area contributed by atoms with E-state index >= 15 is 0 Å². The summed E-state index contributed by atoms with van der Waals surface area (Å²) in [4.78, 5) is 17.8. The van der Waals surface area contributed by atoms with E-state index in [9.17, 15) is 17.6 Å². The molecule has 7 nitrogen and oxygen atoms in total. The van der Waals surface area contributed by atoms with Crippen LogP contribution >= 0.6 is 11.3 Å². The molecule has 0 unspecified atom stereocenters. The summed E-state index contributed by atoms with van der Waals surface area (Å²) in [5, 5.41) is 3.02. The zero-order chi connectivity index (χ0) is 22.6. The second-order valence-corrected chi connectivity index (χ2v) is 9.64. The molecule has 0 bridgehead atoms. The van der Waals surface area contributed by atoms with Gasteiger partial charge < -0.3 is 10.1 Å². The highest BCUT2D eigenvalue weighted by Gasteiger charge is 2.23. The molecule has 1 aromatic heterocycles. The summed E-state index contributed by atoms with van der Waals surface area (Å²) in [6, 6.07) is 11.0. The number of amides is 1. The van der Waals surface area contributed by atoms with Crippen LogP contribution in [0.3, 0.4) is 0 Å². The van der Waals surface area contributed by atoms with Gasteiger partial charge in [-0.3, -0.25) is 4.79 Å². The van der Waals surface area contributed by atoms with Crippen molar-refractivity contribution in [1.82, 2.24) is 9.71 Å². The summed E-state index contributed by atoms with van der Waals surface area (Å²) in [6.45, 7) is 3.27. The number of nitrogens with zero attached hydrogens (tertiary/aromatic N) is 1. The van der Waals surface area contributed by atoms with Crippen LogP contribution in [0.2, 0.25) is 0 Å². The van der Waals surface area contributed by atoms with Gasteiger partial charge in [0.1, 0.15) is 11.6 Å². The molecule has 2 aromatic carbocycles. The first-order chi connectivity index (χ1) is 14.7. The Morgan fingerprint density at radius 3 is 2.42 bits per heavy atom. The lowest BCUT2D eigenvalue weighted by Crippen LogP contribution is -2.41. The van der Waals surface area contributed by atoms with Crippen molar-refractivity contribution in [1.29, 1.82) is 0 Å². The van der Waals surface area contributed by atoms with Crippen molar-refractivity contribution >= 4 is 32.4 Å². The number of ether oxygens (including phenoxy) is 1. The molecule has 0 saturated heterocycles. The van der Waals surface area contributed by atoms with Gasteiger partial charge >= 0.3 is 0 Å². The molecular weight excluding hydrogens is 441 g/mol. The molecule has 1 atom stereocenters. The number of halogens is 1. The standard InChI is InChI=1S/C21H22FN3O4S2/c1-13-19(12-15-4-6-16(22)7-5-15)30-21(23-13)24-20(26)14(2)25-31(27,28)18-10-8-17(29-3)9-11-18/h4-11,14,25H,12H2,1-3H3,(H,23,24,26)/t14-/m0/s1. The minimum Gasteiger partial charge on any atom is -0.497 e. The van der Waals surface area contributed by atoms with E-state index in [1.54, 1.807) is 12.1 Å². The number of methoxy groups -OCH3 is 1. The van der Waals surface area contributed by atoms with Gasteiger partial charge in [0.25, 0.3) is 0 Å². The van der Waals surface area contributed by atoms with Crippen LogP contribution in [0.15, 0.2) is 53.4 Å². The van der Waals surface area contributed by atoms with Crippen molar-refractivity contribution in [3.63, 3.8) is 0 Å². The molecule has 0 aliphatic heterocycles. The van der Waals surface area contributed by atoms with Crippen LogP contribution in [0.4, 0.5) is 9.52 Å². The number of carbonyl (C=O) groups excluding carboxylic acids is 1. The second kappa shape index (κ2) is 9.54. The maximum absolute atomic E-state index is 13.1. The number of rotatable bonds is 8. The number of thiazole rings is 1. The zero-order valence-corrected chi connectivity index (χ0v) is 18.8. The molecule has 1 heterocycles. The Kier molecular flexibility index (Phi) is 7.04. The third-order valence-electron chi connectivity index (χ3n) is 4.50. The number of benzene rings is 2. The molecule has 3 rings (SSSR count). The minimum absolute atomic E-state index is 0.0274. The molecule has 3 aromatic rings. The molecule has 0 spiro atoms. The molecule has 0 aliphatic carbocycles. The summed E-state index contributed by atoms with van der Waals surface area (Å²) in [6.07, 6.45) is 0.555. The molecular formula is C21H22FN3O4S2. The van der Waals surface area contributed by atoms with E-state index in [0.29, 0.717) is 17.3 Å². The van der Waals surface area contributed by atoms with E-state index in [-0.39, 0.29) is 10.7 Å². The van der Waals surface area contributed by atoms with E-state index in [1.807, 2.05) is 6.92 Å². The first kappa shape index (κ1) is 22.9. The fraction of sp³-hybridized carbons (Fsp3) is 0.238. The SMILES string of the molecule is COc1ccc(S(=O)(=O)N[C@@H](C)C(=O)Nc2nc(C)c(Cc3ccc(F)cc3)s2)cc1. The van der Waals surface area contributed by atoms with Crippen LogP contribution in [-0.2, 0) is 21.2 Å². The number of hydrogen-bond acceptors (Lipinski definition) is 6. The maximum Gasteiger partial charge on any atom is 0.244 e. The highest BCUT2D eigenvalue weighted by atomic mass is 32.2. The normalized spacial score (nSPS) is 12.4. The summed E-state index contributed by atoms with van der Waals surface area (Å²) in [7, 11) is -2.40. The Bertz CT molecular complexity index is 1160. The number of aryl methyl sites for hydroxylation is 1. The Morgan fingerprint density at radius 2 is 1.81 bits per heavy atom. The summed E-state index contributed by atoms with van der Waals surface area (Å²) >= 11 is 1.29. The molecule has 2 N–H and O–H groups in total. The third-order valence-corrected chi connectivity index (χ3v) is 7.13. The number of aromatic nitrogens is 1. The first-order valence-electron chi connectivity index (χ1n) is 9.36. The van der Waals surface area contributed by atoms with Gasteiger partial charge in [0.15, 0.2) is 5.13 Å². The Labute approximate surface area is 184 Å². The van der Waals surface area contributed by atoms with E-state index in [1.165, 1.54) is 61.8 Å². The van der Waals surface area contributed by atoms with Gasteiger partial charge in [0.2, 0.25) is 15.9 Å². The van der Waals surface area contributed by atoms with Crippen molar-refractivity contribution in [2.75, 3.05) is 12.4 Å². The number of anilines is 1. The van der Waals surface area contributed by atoms with Crippen LogP contribution in [0.25, 0.3) is 0 Å². The van der Waals surface area contributed by atoms with Crippen molar-refractivity contribution in [3.05, 3.63) is 70.5 Å². The van der Waals surface area contributed by atoms with Gasteiger partial charge in [-0.15, -0.1) is 11.3 Å². The summed E-state index contributed by atoms with van der Waals surface area (Å²) in [5.41, 5.74) is 1.67. The third kappa shape index (κ3) is 5.87.